The fourth-order valence-electron chi connectivity index (χ4n) is 0.947. The van der Waals surface area contributed by atoms with Crippen molar-refractivity contribution in [1.82, 2.24) is 4.98 Å². The maximum atomic E-state index is 10.8. The van der Waals surface area contributed by atoms with Gasteiger partial charge in [0.25, 0.3) is 0 Å². The minimum Gasteiger partial charge on any atom is -0.375 e. The van der Waals surface area contributed by atoms with E-state index < -0.39 is 9.84 Å². The topological polar surface area (TPSA) is 73.0 Å². The van der Waals surface area contributed by atoms with Crippen molar-refractivity contribution in [3.63, 3.8) is 0 Å². The van der Waals surface area contributed by atoms with Gasteiger partial charge in [0.1, 0.15) is 9.84 Å². The number of hydrogen-bond donors (Lipinski definition) is 1. The first-order valence-corrected chi connectivity index (χ1v) is 6.73. The standard InChI is InChI=1S/C7H12N2O2S2/c1-13(10,11)4-2-3-6-5-9-7(8)12-6/h5H,2-4H2,1H3,(H2,8,9). The molecule has 0 aromatic carbocycles. The number of thiazole rings is 1. The lowest BCUT2D eigenvalue weighted by atomic mass is 10.3. The lowest BCUT2D eigenvalue weighted by Crippen LogP contribution is -2.03. The fraction of sp³-hybridized carbons (Fsp3) is 0.571. The van der Waals surface area contributed by atoms with Gasteiger partial charge < -0.3 is 5.73 Å². The van der Waals surface area contributed by atoms with Crippen LogP contribution in [0.3, 0.4) is 0 Å². The molecule has 6 heteroatoms. The van der Waals surface area contributed by atoms with Crippen LogP contribution in [0.2, 0.25) is 0 Å². The van der Waals surface area contributed by atoms with E-state index in [2.05, 4.69) is 4.98 Å². The van der Waals surface area contributed by atoms with Crippen LogP contribution in [0, 0.1) is 0 Å². The number of aromatic nitrogens is 1. The molecule has 0 radical (unpaired) electrons. The van der Waals surface area contributed by atoms with E-state index in [0.29, 0.717) is 11.6 Å². The predicted octanol–water partition coefficient (Wildman–Crippen LogP) is 0.703. The number of nitrogen functional groups attached to an aromatic ring is 1. The Balaban J connectivity index is 2.36. The van der Waals surface area contributed by atoms with E-state index in [4.69, 9.17) is 5.73 Å². The largest absolute Gasteiger partial charge is 0.375 e. The summed E-state index contributed by atoms with van der Waals surface area (Å²) >= 11 is 1.41. The van der Waals surface area contributed by atoms with Gasteiger partial charge in [0.15, 0.2) is 5.13 Å². The molecule has 0 spiro atoms. The molecule has 0 saturated heterocycles. The summed E-state index contributed by atoms with van der Waals surface area (Å²) in [6, 6.07) is 0. The third-order valence-electron chi connectivity index (χ3n) is 1.51. The molecule has 1 rings (SSSR count). The average Bonchev–Trinajstić information content (AvgIpc) is 2.33. The predicted molar refractivity (Wildman–Crippen MR) is 54.6 cm³/mol. The summed E-state index contributed by atoms with van der Waals surface area (Å²) in [7, 11) is -2.83. The van der Waals surface area contributed by atoms with Crippen molar-refractivity contribution in [3.05, 3.63) is 11.1 Å². The van der Waals surface area contributed by atoms with Crippen molar-refractivity contribution in [3.8, 4) is 0 Å². The van der Waals surface area contributed by atoms with Gasteiger partial charge in [0.2, 0.25) is 0 Å². The molecule has 74 valence electrons. The minimum atomic E-state index is -2.83. The van der Waals surface area contributed by atoms with Crippen LogP contribution in [0.5, 0.6) is 0 Å². The molecule has 0 aliphatic carbocycles. The van der Waals surface area contributed by atoms with Crippen LogP contribution in [0.4, 0.5) is 5.13 Å². The highest BCUT2D eigenvalue weighted by Crippen LogP contribution is 2.15. The first-order chi connectivity index (χ1) is 5.97. The Kier molecular flexibility index (Phi) is 3.27. The molecule has 0 fully saturated rings. The number of nitrogens with two attached hydrogens (primary N) is 1. The smallest absolute Gasteiger partial charge is 0.180 e. The van der Waals surface area contributed by atoms with Crippen molar-refractivity contribution in [2.24, 2.45) is 0 Å². The van der Waals surface area contributed by atoms with Crippen molar-refractivity contribution in [1.29, 1.82) is 0 Å². The van der Waals surface area contributed by atoms with Crippen molar-refractivity contribution in [2.45, 2.75) is 12.8 Å². The summed E-state index contributed by atoms with van der Waals surface area (Å²) in [4.78, 5) is 4.92. The molecular weight excluding hydrogens is 208 g/mol. The highest BCUT2D eigenvalue weighted by molar-refractivity contribution is 7.90. The first-order valence-electron chi connectivity index (χ1n) is 3.85. The zero-order valence-electron chi connectivity index (χ0n) is 7.36. The van der Waals surface area contributed by atoms with E-state index in [1.165, 1.54) is 17.6 Å². The average molecular weight is 220 g/mol. The summed E-state index contributed by atoms with van der Waals surface area (Å²) < 4.78 is 21.6. The Hall–Kier alpha value is -0.620. The van der Waals surface area contributed by atoms with Crippen LogP contribution in [0.15, 0.2) is 6.20 Å². The molecule has 0 unspecified atom stereocenters. The van der Waals surface area contributed by atoms with Gasteiger partial charge >= 0.3 is 0 Å². The third-order valence-corrected chi connectivity index (χ3v) is 3.43. The van der Waals surface area contributed by atoms with Crippen LogP contribution >= 0.6 is 11.3 Å². The number of nitrogens with zero attached hydrogens (tertiary/aromatic N) is 1. The van der Waals surface area contributed by atoms with E-state index in [1.54, 1.807) is 6.20 Å². The zero-order chi connectivity index (χ0) is 9.90. The maximum Gasteiger partial charge on any atom is 0.180 e. The molecular formula is C7H12N2O2S2. The highest BCUT2D eigenvalue weighted by Gasteiger charge is 2.03. The Morgan fingerprint density at radius 3 is 2.77 bits per heavy atom. The fourth-order valence-corrected chi connectivity index (χ4v) is 2.34. The molecule has 0 aliphatic heterocycles. The van der Waals surface area contributed by atoms with Crippen molar-refractivity contribution < 1.29 is 8.42 Å². The number of aryl methyl sites for hydroxylation is 1. The van der Waals surface area contributed by atoms with Gasteiger partial charge in [0, 0.05) is 17.3 Å². The molecule has 2 N–H and O–H groups in total. The molecule has 0 bridgehead atoms. The molecule has 1 heterocycles. The number of sulfone groups is 1. The summed E-state index contributed by atoms with van der Waals surface area (Å²) in [5.74, 6) is 0.227. The summed E-state index contributed by atoms with van der Waals surface area (Å²) in [5.41, 5.74) is 5.43. The SMILES string of the molecule is CS(=O)(=O)CCCc1cnc(N)s1. The van der Waals surface area contributed by atoms with Crippen LogP contribution in [0.1, 0.15) is 11.3 Å². The number of anilines is 1. The van der Waals surface area contributed by atoms with Crippen molar-refractivity contribution >= 4 is 26.3 Å². The van der Waals surface area contributed by atoms with E-state index >= 15 is 0 Å². The van der Waals surface area contributed by atoms with Crippen molar-refractivity contribution in [2.75, 3.05) is 17.7 Å². The Labute approximate surface area is 81.7 Å². The van der Waals surface area contributed by atoms with E-state index in [-0.39, 0.29) is 5.75 Å². The van der Waals surface area contributed by atoms with Gasteiger partial charge in [-0.3, -0.25) is 0 Å². The quantitative estimate of drug-likeness (QED) is 0.810. The Bertz CT molecular complexity index is 370. The van der Waals surface area contributed by atoms with E-state index in [9.17, 15) is 8.42 Å². The lowest BCUT2D eigenvalue weighted by Gasteiger charge is -1.95. The lowest BCUT2D eigenvalue weighted by molar-refractivity contribution is 0.599. The van der Waals surface area contributed by atoms with Gasteiger partial charge in [-0.2, -0.15) is 0 Å². The molecule has 4 nitrogen and oxygen atoms in total. The summed E-state index contributed by atoms with van der Waals surface area (Å²) in [6.07, 6.45) is 4.32. The monoisotopic (exact) mass is 220 g/mol. The molecule has 0 atom stereocenters. The Morgan fingerprint density at radius 2 is 2.31 bits per heavy atom. The van der Waals surface area contributed by atoms with Gasteiger partial charge in [-0.05, 0) is 12.8 Å². The van der Waals surface area contributed by atoms with Crippen LogP contribution in [-0.4, -0.2) is 25.4 Å². The number of rotatable bonds is 4. The second kappa shape index (κ2) is 4.06. The van der Waals surface area contributed by atoms with Crippen LogP contribution in [-0.2, 0) is 16.3 Å². The van der Waals surface area contributed by atoms with E-state index in [0.717, 1.165) is 11.3 Å². The van der Waals surface area contributed by atoms with Crippen LogP contribution < -0.4 is 5.73 Å². The molecule has 0 aliphatic rings. The zero-order valence-corrected chi connectivity index (χ0v) is 8.99. The molecule has 0 amide bonds. The summed E-state index contributed by atoms with van der Waals surface area (Å²) in [5, 5.41) is 0.536. The number of hydrogen-bond acceptors (Lipinski definition) is 5. The van der Waals surface area contributed by atoms with E-state index in [1.807, 2.05) is 0 Å². The second-order valence-corrected chi connectivity index (χ2v) is 6.30. The second-order valence-electron chi connectivity index (χ2n) is 2.90. The normalized spacial score (nSPS) is 11.8. The maximum absolute atomic E-state index is 10.8. The van der Waals surface area contributed by atoms with Gasteiger partial charge in [0.05, 0.1) is 5.75 Å². The third kappa shape index (κ3) is 4.23. The molecule has 1 aromatic heterocycles. The molecule has 13 heavy (non-hydrogen) atoms. The van der Waals surface area contributed by atoms with Gasteiger partial charge in [-0.1, -0.05) is 0 Å². The highest BCUT2D eigenvalue weighted by atomic mass is 32.2. The first kappa shape index (κ1) is 10.5. The van der Waals surface area contributed by atoms with Gasteiger partial charge in [-0.25, -0.2) is 13.4 Å². The molecule has 1 aromatic rings. The Morgan fingerprint density at radius 1 is 1.62 bits per heavy atom. The minimum absolute atomic E-state index is 0.227. The summed E-state index contributed by atoms with van der Waals surface area (Å²) in [6.45, 7) is 0. The molecule has 0 saturated carbocycles. The van der Waals surface area contributed by atoms with Gasteiger partial charge in [-0.15, -0.1) is 11.3 Å². The van der Waals surface area contributed by atoms with Crippen LogP contribution in [0.25, 0.3) is 0 Å².